The summed E-state index contributed by atoms with van der Waals surface area (Å²) in [5.41, 5.74) is 1.86. The molecule has 1 N–H and O–H groups in total. The van der Waals surface area contributed by atoms with Gasteiger partial charge < -0.3 is 9.84 Å². The first kappa shape index (κ1) is 11.7. The fraction of sp³-hybridized carbons (Fsp3) is 0.200. The van der Waals surface area contributed by atoms with Crippen molar-refractivity contribution in [3.05, 3.63) is 65.7 Å². The molecule has 2 aromatic carbocycles. The normalized spacial score (nSPS) is 12.3. The fourth-order valence-electron chi connectivity index (χ4n) is 1.87. The maximum atomic E-state index is 9.89. The number of para-hydroxylation sites is 1. The van der Waals surface area contributed by atoms with Gasteiger partial charge in [-0.25, -0.2) is 0 Å². The van der Waals surface area contributed by atoms with Gasteiger partial charge in [0.25, 0.3) is 0 Å². The first-order valence-electron chi connectivity index (χ1n) is 5.77. The Hall–Kier alpha value is -1.80. The van der Waals surface area contributed by atoms with E-state index in [1.165, 1.54) is 0 Å². The average molecular weight is 228 g/mol. The second kappa shape index (κ2) is 5.51. The van der Waals surface area contributed by atoms with Crippen LogP contribution in [0.2, 0.25) is 0 Å². The Morgan fingerprint density at radius 3 is 2.29 bits per heavy atom. The molecule has 88 valence electrons. The maximum absolute atomic E-state index is 9.89. The summed E-state index contributed by atoms with van der Waals surface area (Å²) in [7, 11) is 0. The predicted octanol–water partition coefficient (Wildman–Crippen LogP) is 3.52. The second-order valence-electron chi connectivity index (χ2n) is 3.80. The molecule has 2 aromatic rings. The summed E-state index contributed by atoms with van der Waals surface area (Å²) in [6.07, 6.45) is -0.206. The number of aromatic hydroxyl groups is 1. The van der Waals surface area contributed by atoms with Crippen LogP contribution in [0.3, 0.4) is 0 Å². The molecule has 0 spiro atoms. The van der Waals surface area contributed by atoms with Gasteiger partial charge in [-0.1, -0.05) is 48.5 Å². The van der Waals surface area contributed by atoms with E-state index in [0.29, 0.717) is 6.61 Å². The molecule has 0 aliphatic carbocycles. The van der Waals surface area contributed by atoms with E-state index >= 15 is 0 Å². The lowest BCUT2D eigenvalue weighted by Gasteiger charge is -2.18. The molecule has 17 heavy (non-hydrogen) atoms. The van der Waals surface area contributed by atoms with Gasteiger partial charge in [0.2, 0.25) is 0 Å². The molecule has 2 heteroatoms. The Morgan fingerprint density at radius 1 is 1.00 bits per heavy atom. The summed E-state index contributed by atoms with van der Waals surface area (Å²) < 4.78 is 5.73. The number of hydrogen-bond acceptors (Lipinski definition) is 2. The van der Waals surface area contributed by atoms with Crippen LogP contribution in [-0.4, -0.2) is 11.7 Å². The molecular formula is C15H16O2. The summed E-state index contributed by atoms with van der Waals surface area (Å²) in [6, 6.07) is 17.2. The Morgan fingerprint density at radius 2 is 1.65 bits per heavy atom. The summed E-state index contributed by atoms with van der Waals surface area (Å²) in [6.45, 7) is 2.56. The predicted molar refractivity (Wildman–Crippen MR) is 68.0 cm³/mol. The molecule has 0 radical (unpaired) electrons. The summed E-state index contributed by atoms with van der Waals surface area (Å²) in [5.74, 6) is 0.273. The van der Waals surface area contributed by atoms with Crippen molar-refractivity contribution in [2.24, 2.45) is 0 Å². The Labute approximate surface area is 101 Å². The zero-order valence-corrected chi connectivity index (χ0v) is 9.84. The maximum Gasteiger partial charge on any atom is 0.121 e. The molecule has 0 bridgehead atoms. The molecule has 0 fully saturated rings. The van der Waals surface area contributed by atoms with E-state index in [2.05, 4.69) is 0 Å². The first-order valence-corrected chi connectivity index (χ1v) is 5.77. The molecule has 0 amide bonds. The summed E-state index contributed by atoms with van der Waals surface area (Å²) in [5, 5.41) is 9.89. The van der Waals surface area contributed by atoms with E-state index < -0.39 is 0 Å². The van der Waals surface area contributed by atoms with E-state index in [4.69, 9.17) is 4.74 Å². The van der Waals surface area contributed by atoms with Gasteiger partial charge in [-0.15, -0.1) is 0 Å². The van der Waals surface area contributed by atoms with Gasteiger partial charge >= 0.3 is 0 Å². The third-order valence-electron chi connectivity index (χ3n) is 2.65. The zero-order valence-electron chi connectivity index (χ0n) is 9.84. The minimum Gasteiger partial charge on any atom is -0.508 e. The molecule has 2 nitrogen and oxygen atoms in total. The van der Waals surface area contributed by atoms with Gasteiger partial charge in [-0.2, -0.15) is 0 Å². The molecule has 0 aromatic heterocycles. The lowest BCUT2D eigenvalue weighted by molar-refractivity contribution is 0.0895. The zero-order chi connectivity index (χ0) is 12.1. The quantitative estimate of drug-likeness (QED) is 0.867. The topological polar surface area (TPSA) is 29.5 Å². The largest absolute Gasteiger partial charge is 0.508 e. The number of phenolic OH excluding ortho intramolecular Hbond substituents is 1. The van der Waals surface area contributed by atoms with Crippen molar-refractivity contribution in [2.45, 2.75) is 13.0 Å². The molecule has 1 unspecified atom stereocenters. The molecule has 0 saturated heterocycles. The van der Waals surface area contributed by atoms with Crippen molar-refractivity contribution in [3.63, 3.8) is 0 Å². The standard InChI is InChI=1S/C15H16O2/c1-2-17-15(12-8-4-3-5-9-12)13-10-6-7-11-14(13)16/h3-11,15-16H,2H2,1H3. The van der Waals surface area contributed by atoms with Gasteiger partial charge in [-0.05, 0) is 18.6 Å². The Kier molecular flexibility index (Phi) is 3.78. The highest BCUT2D eigenvalue weighted by atomic mass is 16.5. The van der Waals surface area contributed by atoms with Crippen molar-refractivity contribution < 1.29 is 9.84 Å². The van der Waals surface area contributed by atoms with Crippen LogP contribution in [0.25, 0.3) is 0 Å². The monoisotopic (exact) mass is 228 g/mol. The Bertz CT molecular complexity index is 465. The van der Waals surface area contributed by atoms with Crippen LogP contribution in [0.5, 0.6) is 5.75 Å². The highest BCUT2D eigenvalue weighted by molar-refractivity contribution is 5.39. The summed E-state index contributed by atoms with van der Waals surface area (Å²) in [4.78, 5) is 0. The molecule has 0 saturated carbocycles. The molecule has 1 atom stereocenters. The van der Waals surface area contributed by atoms with Crippen LogP contribution in [0.1, 0.15) is 24.2 Å². The minimum atomic E-state index is -0.206. The van der Waals surface area contributed by atoms with Crippen molar-refractivity contribution in [1.29, 1.82) is 0 Å². The molecule has 0 aliphatic heterocycles. The van der Waals surface area contributed by atoms with E-state index in [-0.39, 0.29) is 11.9 Å². The van der Waals surface area contributed by atoms with Gasteiger partial charge in [0.1, 0.15) is 11.9 Å². The molecule has 0 heterocycles. The lowest BCUT2D eigenvalue weighted by atomic mass is 10.0. The first-order chi connectivity index (χ1) is 8.33. The van der Waals surface area contributed by atoms with E-state index in [1.54, 1.807) is 6.07 Å². The van der Waals surface area contributed by atoms with Gasteiger partial charge in [0.05, 0.1) is 0 Å². The smallest absolute Gasteiger partial charge is 0.121 e. The van der Waals surface area contributed by atoms with Crippen molar-refractivity contribution in [2.75, 3.05) is 6.61 Å². The van der Waals surface area contributed by atoms with Gasteiger partial charge in [0.15, 0.2) is 0 Å². The average Bonchev–Trinajstić information content (AvgIpc) is 2.38. The van der Waals surface area contributed by atoms with Crippen LogP contribution in [0, 0.1) is 0 Å². The van der Waals surface area contributed by atoms with Crippen LogP contribution >= 0.6 is 0 Å². The Balaban J connectivity index is 2.39. The van der Waals surface area contributed by atoms with Crippen molar-refractivity contribution >= 4 is 0 Å². The number of hydrogen-bond donors (Lipinski definition) is 1. The van der Waals surface area contributed by atoms with Crippen molar-refractivity contribution in [1.82, 2.24) is 0 Å². The molecule has 0 aliphatic rings. The van der Waals surface area contributed by atoms with E-state index in [0.717, 1.165) is 11.1 Å². The molecule has 2 rings (SSSR count). The van der Waals surface area contributed by atoms with Crippen LogP contribution in [-0.2, 0) is 4.74 Å². The third kappa shape index (κ3) is 2.66. The SMILES string of the molecule is CCOC(c1ccccc1)c1ccccc1O. The van der Waals surface area contributed by atoms with Crippen molar-refractivity contribution in [3.8, 4) is 5.75 Å². The van der Waals surface area contributed by atoms with Gasteiger partial charge in [-0.3, -0.25) is 0 Å². The van der Waals surface area contributed by atoms with Crippen LogP contribution in [0.15, 0.2) is 54.6 Å². The minimum absolute atomic E-state index is 0.206. The number of phenols is 1. The highest BCUT2D eigenvalue weighted by Gasteiger charge is 2.16. The number of ether oxygens (including phenoxy) is 1. The van der Waals surface area contributed by atoms with Crippen LogP contribution < -0.4 is 0 Å². The van der Waals surface area contributed by atoms with E-state index in [1.807, 2.05) is 55.5 Å². The fourth-order valence-corrected chi connectivity index (χ4v) is 1.87. The van der Waals surface area contributed by atoms with Gasteiger partial charge in [0, 0.05) is 12.2 Å². The molecular weight excluding hydrogens is 212 g/mol. The lowest BCUT2D eigenvalue weighted by Crippen LogP contribution is -2.06. The van der Waals surface area contributed by atoms with E-state index in [9.17, 15) is 5.11 Å². The number of benzene rings is 2. The van der Waals surface area contributed by atoms with Crippen LogP contribution in [0.4, 0.5) is 0 Å². The summed E-state index contributed by atoms with van der Waals surface area (Å²) >= 11 is 0. The third-order valence-corrected chi connectivity index (χ3v) is 2.65. The second-order valence-corrected chi connectivity index (χ2v) is 3.80. The highest BCUT2D eigenvalue weighted by Crippen LogP contribution is 2.31. The number of rotatable bonds is 4.